The van der Waals surface area contributed by atoms with E-state index in [1.165, 1.54) is 49.7 Å². The van der Waals surface area contributed by atoms with Crippen molar-refractivity contribution in [3.05, 3.63) is 141 Å². The Hall–Kier alpha value is -2.58. The molecule has 0 spiro atoms. The van der Waals surface area contributed by atoms with Gasteiger partial charge in [-0.15, -0.1) is 0 Å². The van der Waals surface area contributed by atoms with Gasteiger partial charge in [-0.3, -0.25) is 0 Å². The van der Waals surface area contributed by atoms with Crippen molar-refractivity contribution in [2.45, 2.75) is 78.7 Å². The van der Waals surface area contributed by atoms with Crippen LogP contribution in [0.1, 0.15) is 73.1 Å². The molecule has 0 heterocycles. The van der Waals surface area contributed by atoms with Gasteiger partial charge in [-0.25, -0.2) is 0 Å². The predicted octanol–water partition coefficient (Wildman–Crippen LogP) is 9.62. The molecule has 47 heavy (non-hydrogen) atoms. The Bertz CT molecular complexity index is 1640. The molecule has 0 saturated heterocycles. The zero-order chi connectivity index (χ0) is 32.6. The Balaban J connectivity index is 0.000000245. The van der Waals surface area contributed by atoms with Crippen LogP contribution in [0.2, 0.25) is 0 Å². The van der Waals surface area contributed by atoms with E-state index in [-0.39, 0.29) is 0 Å². The quantitative estimate of drug-likeness (QED) is 0.188. The Morgan fingerprint density at radius 1 is 0.617 bits per heavy atom. The van der Waals surface area contributed by atoms with Gasteiger partial charge < -0.3 is 0 Å². The van der Waals surface area contributed by atoms with Gasteiger partial charge in [0.25, 0.3) is 0 Å². The minimum atomic E-state index is -2.32. The van der Waals surface area contributed by atoms with Crippen molar-refractivity contribution in [1.29, 1.82) is 0 Å². The van der Waals surface area contributed by atoms with Gasteiger partial charge in [-0.1, -0.05) is 60.7 Å². The van der Waals surface area contributed by atoms with E-state index in [4.69, 9.17) is 3.26 Å². The summed E-state index contributed by atoms with van der Waals surface area (Å²) in [5.41, 5.74) is 8.40. The second-order valence-corrected chi connectivity index (χ2v) is 29.5. The van der Waals surface area contributed by atoms with Crippen LogP contribution in [0.4, 0.5) is 0 Å². The van der Waals surface area contributed by atoms with E-state index in [1.807, 2.05) is 15.4 Å². The van der Waals surface area contributed by atoms with Gasteiger partial charge in [0.15, 0.2) is 0 Å². The van der Waals surface area contributed by atoms with Crippen LogP contribution in [-0.2, 0) is 21.2 Å². The molecule has 3 atom stereocenters. The van der Waals surface area contributed by atoms with Crippen molar-refractivity contribution in [3.63, 3.8) is 0 Å². The number of allylic oxidation sites excluding steroid dienone is 4. The number of hydrogen-bond acceptors (Lipinski definition) is 1. The van der Waals surface area contributed by atoms with E-state index in [1.54, 1.807) is 27.1 Å². The van der Waals surface area contributed by atoms with Crippen molar-refractivity contribution in [2.24, 2.45) is 23.2 Å². The van der Waals surface area contributed by atoms with Crippen molar-refractivity contribution in [2.75, 3.05) is 0 Å². The summed E-state index contributed by atoms with van der Waals surface area (Å²) in [6, 6.07) is 44.2. The summed E-state index contributed by atoms with van der Waals surface area (Å²) in [4.78, 5) is 0. The summed E-state index contributed by atoms with van der Waals surface area (Å²) >= 11 is -2.32. The number of nitrogens with one attached hydrogen (secondary N) is 1. The van der Waals surface area contributed by atoms with Crippen LogP contribution in [0.25, 0.3) is 11.1 Å². The summed E-state index contributed by atoms with van der Waals surface area (Å²) in [6.07, 6.45) is 8.80. The zero-order valence-electron chi connectivity index (χ0n) is 29.1. The molecule has 4 aromatic carbocycles. The molecule has 0 aromatic heterocycles. The van der Waals surface area contributed by atoms with Crippen LogP contribution in [0.15, 0.2) is 141 Å². The molecule has 5 aliphatic carbocycles. The molecular formula is C44H52NSiZr. The van der Waals surface area contributed by atoms with Crippen molar-refractivity contribution < 1.29 is 21.2 Å². The molecule has 0 radical (unpaired) electrons. The molecule has 4 fully saturated rings. The van der Waals surface area contributed by atoms with Crippen molar-refractivity contribution in [1.82, 2.24) is 3.26 Å². The minimum Gasteiger partial charge on any atom is -0.0622 e. The van der Waals surface area contributed by atoms with Crippen LogP contribution >= 0.6 is 0 Å². The molecule has 9 rings (SSSR count). The maximum absolute atomic E-state index is 4.80. The van der Waals surface area contributed by atoms with E-state index in [2.05, 4.69) is 144 Å². The average Bonchev–Trinajstić information content (AvgIpc) is 3.27. The Morgan fingerprint density at radius 3 is 1.47 bits per heavy atom. The Kier molecular flexibility index (Phi) is 9.63. The van der Waals surface area contributed by atoms with Gasteiger partial charge in [0.2, 0.25) is 0 Å². The number of hydrogen-bond donors (Lipinski definition) is 1. The molecule has 3 heteroatoms. The second kappa shape index (κ2) is 13.7. The van der Waals surface area contributed by atoms with Crippen LogP contribution in [0.5, 0.6) is 0 Å². The third-order valence-electron chi connectivity index (χ3n) is 12.1. The smallest absolute Gasteiger partial charge is 0.0184 e. The van der Waals surface area contributed by atoms with Gasteiger partial charge in [-0.05, 0) is 11.1 Å². The average molecular weight is 714 g/mol. The molecule has 1 N–H and O–H groups in total. The third kappa shape index (κ3) is 6.83. The molecule has 0 aliphatic heterocycles. The van der Waals surface area contributed by atoms with E-state index in [9.17, 15) is 0 Å². The molecule has 0 amide bonds. The SMILES string of the molecule is CC1=C(C)C(C)[C]([Zr]([NH]C23CC4CC(CC(C)(C4)C2)C3)[SiH](c2ccccc2)c2ccccc2)=C1C.c1ccc(-c2ccccc2)cc1. The minimum absolute atomic E-state index is 0.403. The molecule has 241 valence electrons. The van der Waals surface area contributed by atoms with Gasteiger partial charge in [0, 0.05) is 0 Å². The van der Waals surface area contributed by atoms with Gasteiger partial charge >= 0.3 is 223 Å². The van der Waals surface area contributed by atoms with Crippen LogP contribution in [-0.4, -0.2) is 11.5 Å². The molecule has 4 aromatic rings. The van der Waals surface area contributed by atoms with Crippen LogP contribution in [0.3, 0.4) is 0 Å². The summed E-state index contributed by atoms with van der Waals surface area (Å²) in [5.74, 6) is 1.14. The predicted molar refractivity (Wildman–Crippen MR) is 200 cm³/mol. The first-order valence-electron chi connectivity index (χ1n) is 18.0. The standard InChI is InChI=1S/C12H11Si.C12H10.C11H18N.C9H13.Zr/c1-3-7-11(8-4-1)13-12-9-5-2-6-10-12;1-3-7-11(8-4-1)12-9-5-2-6-10-12;1-10-3-8-2-9(4-10)6-11(12,5-8)7-10;1-6-5-7(2)9(4)8(6)3;/h1-10,13H;1-10H;8-9,12H,2-7H2,1H3;6H,1-4H3;/q;;-1;;+1. The maximum atomic E-state index is 4.80. The monoisotopic (exact) mass is 712 g/mol. The summed E-state index contributed by atoms with van der Waals surface area (Å²) in [7, 11) is 0. The number of benzene rings is 4. The summed E-state index contributed by atoms with van der Waals surface area (Å²) in [5, 5.41) is 3.32. The Morgan fingerprint density at radius 2 is 1.06 bits per heavy atom. The van der Waals surface area contributed by atoms with E-state index < -0.39 is 27.1 Å². The van der Waals surface area contributed by atoms with Gasteiger partial charge in [0.05, 0.1) is 0 Å². The van der Waals surface area contributed by atoms with Crippen molar-refractivity contribution in [3.8, 4) is 11.1 Å². The fourth-order valence-corrected chi connectivity index (χ4v) is 34.3. The van der Waals surface area contributed by atoms with Crippen LogP contribution < -0.4 is 13.6 Å². The largest absolute Gasteiger partial charge is 0.0622 e. The maximum Gasteiger partial charge on any atom is -0.0184 e. The fourth-order valence-electron chi connectivity index (χ4n) is 10.3. The molecule has 1 nitrogen and oxygen atoms in total. The second-order valence-electron chi connectivity index (χ2n) is 15.6. The first kappa shape index (κ1) is 32.9. The first-order chi connectivity index (χ1) is 22.7. The fraction of sp³-hybridized carbons (Fsp3) is 0.364. The number of rotatable bonds is 7. The zero-order valence-corrected chi connectivity index (χ0v) is 32.7. The Labute approximate surface area is 293 Å². The molecular weight excluding hydrogens is 662 g/mol. The van der Waals surface area contributed by atoms with Crippen LogP contribution in [0, 0.1) is 23.2 Å². The normalized spacial score (nSPS) is 27.7. The summed E-state index contributed by atoms with van der Waals surface area (Å²) in [6.45, 7) is 12.4. The van der Waals surface area contributed by atoms with Crippen molar-refractivity contribution >= 4 is 16.3 Å². The summed E-state index contributed by atoms with van der Waals surface area (Å²) < 4.78 is 6.70. The molecule has 4 bridgehead atoms. The molecule has 4 saturated carbocycles. The third-order valence-corrected chi connectivity index (χ3v) is 32.0. The topological polar surface area (TPSA) is 12.0 Å². The van der Waals surface area contributed by atoms with Gasteiger partial charge in [0.1, 0.15) is 0 Å². The van der Waals surface area contributed by atoms with E-state index >= 15 is 0 Å². The van der Waals surface area contributed by atoms with E-state index in [0.717, 1.165) is 11.8 Å². The first-order valence-corrected chi connectivity index (χ1v) is 26.4. The molecule has 3 unspecified atom stereocenters. The van der Waals surface area contributed by atoms with E-state index in [0.29, 0.717) is 16.9 Å². The molecule has 5 aliphatic rings. The van der Waals surface area contributed by atoms with Gasteiger partial charge in [-0.2, -0.15) is 0 Å².